The van der Waals surface area contributed by atoms with E-state index in [1.54, 1.807) is 60.7 Å². The van der Waals surface area contributed by atoms with Gasteiger partial charge in [0.2, 0.25) is 11.2 Å². The number of para-hydroxylation sites is 1. The van der Waals surface area contributed by atoms with E-state index < -0.39 is 5.97 Å². The number of rotatable bonds is 9. The molecule has 8 heteroatoms. The molecule has 0 radical (unpaired) electrons. The summed E-state index contributed by atoms with van der Waals surface area (Å²) >= 11 is 12.4. The molecule has 0 aliphatic carbocycles. The number of hydrogen-bond acceptors (Lipinski definition) is 6. The molecule has 5 aromatic rings. The normalized spacial score (nSPS) is 11.1. The molecule has 0 fully saturated rings. The SMILES string of the molecule is CCc1ccccc1Oc1coc2cc(OC(=O)C=Cc3ccc(OCc4c(Cl)cccc4Cl)cc3)ccc2c1=O. The van der Waals surface area contributed by atoms with Gasteiger partial charge in [-0.1, -0.05) is 66.5 Å². The Morgan fingerprint density at radius 3 is 2.37 bits per heavy atom. The van der Waals surface area contributed by atoms with Gasteiger partial charge in [-0.05, 0) is 66.1 Å². The Bertz CT molecular complexity index is 1770. The monoisotopic (exact) mass is 586 g/mol. The van der Waals surface area contributed by atoms with Gasteiger partial charge in [-0.25, -0.2) is 4.79 Å². The number of esters is 1. The van der Waals surface area contributed by atoms with E-state index in [0.717, 1.165) is 17.5 Å². The number of benzene rings is 4. The molecule has 0 unspecified atom stereocenters. The minimum atomic E-state index is -0.587. The van der Waals surface area contributed by atoms with Crippen LogP contribution in [-0.2, 0) is 17.8 Å². The van der Waals surface area contributed by atoms with Crippen LogP contribution in [0.15, 0.2) is 106 Å². The highest BCUT2D eigenvalue weighted by molar-refractivity contribution is 6.35. The fraction of sp³-hybridized carbons (Fsp3) is 0.0909. The summed E-state index contributed by atoms with van der Waals surface area (Å²) < 4.78 is 22.7. The zero-order valence-corrected chi connectivity index (χ0v) is 23.4. The van der Waals surface area contributed by atoms with Crippen molar-refractivity contribution in [2.24, 2.45) is 0 Å². The molecule has 4 aromatic carbocycles. The predicted octanol–water partition coefficient (Wildman–Crippen LogP) is 8.65. The average molecular weight is 587 g/mol. The molecule has 5 rings (SSSR count). The van der Waals surface area contributed by atoms with Gasteiger partial charge in [0.25, 0.3) is 0 Å². The number of carbonyl (C=O) groups is 1. The first-order valence-electron chi connectivity index (χ1n) is 12.8. The molecule has 0 saturated carbocycles. The smallest absolute Gasteiger partial charge is 0.336 e. The van der Waals surface area contributed by atoms with Crippen LogP contribution in [0.4, 0.5) is 0 Å². The van der Waals surface area contributed by atoms with Crippen molar-refractivity contribution in [3.63, 3.8) is 0 Å². The lowest BCUT2D eigenvalue weighted by molar-refractivity contribution is -0.128. The summed E-state index contributed by atoms with van der Waals surface area (Å²) in [6, 6.07) is 24.5. The summed E-state index contributed by atoms with van der Waals surface area (Å²) in [7, 11) is 0. The van der Waals surface area contributed by atoms with Crippen molar-refractivity contribution < 1.29 is 23.4 Å². The number of carbonyl (C=O) groups excluding carboxylic acids is 1. The fourth-order valence-electron chi connectivity index (χ4n) is 4.05. The Balaban J connectivity index is 1.21. The Kier molecular flexibility index (Phi) is 8.73. The van der Waals surface area contributed by atoms with Crippen LogP contribution in [0.2, 0.25) is 10.0 Å². The topological polar surface area (TPSA) is 75.0 Å². The Labute approximate surface area is 246 Å². The zero-order chi connectivity index (χ0) is 28.8. The first kappa shape index (κ1) is 28.0. The maximum Gasteiger partial charge on any atom is 0.336 e. The van der Waals surface area contributed by atoms with E-state index >= 15 is 0 Å². The van der Waals surface area contributed by atoms with Crippen LogP contribution in [0.25, 0.3) is 17.0 Å². The molecule has 1 aromatic heterocycles. The van der Waals surface area contributed by atoms with Gasteiger partial charge in [0.05, 0.1) is 5.39 Å². The van der Waals surface area contributed by atoms with Crippen molar-refractivity contribution in [1.82, 2.24) is 0 Å². The molecule has 0 saturated heterocycles. The lowest BCUT2D eigenvalue weighted by Gasteiger charge is -2.10. The van der Waals surface area contributed by atoms with Crippen molar-refractivity contribution in [1.29, 1.82) is 0 Å². The molecule has 1 heterocycles. The molecule has 0 aliphatic heterocycles. The third-order valence-corrected chi connectivity index (χ3v) is 6.95. The van der Waals surface area contributed by atoms with Crippen molar-refractivity contribution in [2.45, 2.75) is 20.0 Å². The molecule has 0 bridgehead atoms. The largest absolute Gasteiger partial charge is 0.489 e. The molecule has 0 amide bonds. The number of ether oxygens (including phenoxy) is 3. The zero-order valence-electron chi connectivity index (χ0n) is 21.9. The summed E-state index contributed by atoms with van der Waals surface area (Å²) in [5, 5.41) is 1.39. The lowest BCUT2D eigenvalue weighted by Crippen LogP contribution is -2.07. The second kappa shape index (κ2) is 12.8. The highest BCUT2D eigenvalue weighted by atomic mass is 35.5. The summed E-state index contributed by atoms with van der Waals surface area (Å²) in [5.41, 5.74) is 2.41. The van der Waals surface area contributed by atoms with Crippen LogP contribution in [0.1, 0.15) is 23.6 Å². The van der Waals surface area contributed by atoms with E-state index in [-0.39, 0.29) is 29.1 Å². The van der Waals surface area contributed by atoms with Crippen LogP contribution in [0.3, 0.4) is 0 Å². The van der Waals surface area contributed by atoms with Crippen molar-refractivity contribution in [2.75, 3.05) is 0 Å². The lowest BCUT2D eigenvalue weighted by atomic mass is 10.1. The highest BCUT2D eigenvalue weighted by Crippen LogP contribution is 2.28. The third-order valence-electron chi connectivity index (χ3n) is 6.24. The molecule has 206 valence electrons. The van der Waals surface area contributed by atoms with Crippen molar-refractivity contribution in [3.8, 4) is 23.0 Å². The van der Waals surface area contributed by atoms with Gasteiger partial charge in [0, 0.05) is 27.8 Å². The van der Waals surface area contributed by atoms with E-state index in [2.05, 4.69) is 0 Å². The standard InChI is InChI=1S/C33H24Cl2O6/c1-2-22-6-3-4-9-29(22)41-31-20-39-30-18-24(15-16-25(30)33(31)37)40-32(36)17-12-21-10-13-23(14-11-21)38-19-26-27(34)7-5-8-28(26)35/h3-18,20H,2,19H2,1H3. The molecule has 0 aliphatic rings. The second-order valence-electron chi connectivity index (χ2n) is 8.96. The van der Waals surface area contributed by atoms with Gasteiger partial charge < -0.3 is 18.6 Å². The van der Waals surface area contributed by atoms with Gasteiger partial charge in [-0.15, -0.1) is 0 Å². The number of aryl methyl sites for hydroxylation is 1. The van der Waals surface area contributed by atoms with Crippen LogP contribution < -0.4 is 19.6 Å². The van der Waals surface area contributed by atoms with Gasteiger partial charge >= 0.3 is 5.97 Å². The summed E-state index contributed by atoms with van der Waals surface area (Å²) in [4.78, 5) is 25.4. The molecule has 41 heavy (non-hydrogen) atoms. The van der Waals surface area contributed by atoms with E-state index in [1.807, 2.05) is 25.1 Å². The summed E-state index contributed by atoms with van der Waals surface area (Å²) in [6.07, 6.45) is 4.95. The van der Waals surface area contributed by atoms with E-state index in [4.69, 9.17) is 41.8 Å². The summed E-state index contributed by atoms with van der Waals surface area (Å²) in [5.74, 6) is 0.957. The number of hydrogen-bond donors (Lipinski definition) is 0. The van der Waals surface area contributed by atoms with Gasteiger partial charge in [0.1, 0.15) is 35.7 Å². The average Bonchev–Trinajstić information content (AvgIpc) is 2.98. The number of fused-ring (bicyclic) bond motifs is 1. The van der Waals surface area contributed by atoms with Crippen molar-refractivity contribution >= 4 is 46.2 Å². The van der Waals surface area contributed by atoms with Crippen LogP contribution in [0.5, 0.6) is 23.0 Å². The maximum atomic E-state index is 13.0. The van der Waals surface area contributed by atoms with Crippen LogP contribution in [-0.4, -0.2) is 5.97 Å². The quantitative estimate of drug-likeness (QED) is 0.0976. The Hall–Kier alpha value is -4.52. The minimum absolute atomic E-state index is 0.0789. The maximum absolute atomic E-state index is 13.0. The molecule has 0 N–H and O–H groups in total. The molecular formula is C33H24Cl2O6. The fourth-order valence-corrected chi connectivity index (χ4v) is 4.56. The Morgan fingerprint density at radius 1 is 0.878 bits per heavy atom. The van der Waals surface area contributed by atoms with Crippen LogP contribution in [0, 0.1) is 0 Å². The number of halogens is 2. The molecule has 0 spiro atoms. The molecule has 6 nitrogen and oxygen atoms in total. The van der Waals surface area contributed by atoms with E-state index in [9.17, 15) is 9.59 Å². The van der Waals surface area contributed by atoms with Crippen LogP contribution >= 0.6 is 23.2 Å². The highest BCUT2D eigenvalue weighted by Gasteiger charge is 2.13. The minimum Gasteiger partial charge on any atom is -0.489 e. The first-order chi connectivity index (χ1) is 19.9. The van der Waals surface area contributed by atoms with E-state index in [1.165, 1.54) is 24.5 Å². The molecular weight excluding hydrogens is 563 g/mol. The first-order valence-corrected chi connectivity index (χ1v) is 13.5. The Morgan fingerprint density at radius 2 is 1.61 bits per heavy atom. The second-order valence-corrected chi connectivity index (χ2v) is 9.78. The summed E-state index contributed by atoms with van der Waals surface area (Å²) in [6.45, 7) is 2.24. The van der Waals surface area contributed by atoms with Gasteiger partial charge in [0.15, 0.2) is 0 Å². The van der Waals surface area contributed by atoms with E-state index in [0.29, 0.717) is 32.5 Å². The van der Waals surface area contributed by atoms with Gasteiger partial charge in [-0.3, -0.25) is 4.79 Å². The predicted molar refractivity (Wildman–Crippen MR) is 160 cm³/mol. The molecule has 0 atom stereocenters. The third kappa shape index (κ3) is 6.80. The van der Waals surface area contributed by atoms with Crippen molar-refractivity contribution in [3.05, 3.63) is 134 Å². The van der Waals surface area contributed by atoms with Gasteiger partial charge in [-0.2, -0.15) is 0 Å².